The Kier molecular flexibility index (Phi) is 21.9. The van der Waals surface area contributed by atoms with Crippen molar-refractivity contribution in [2.45, 2.75) is 64.4 Å². The van der Waals surface area contributed by atoms with E-state index in [1.165, 1.54) is 6.07 Å². The molecule has 0 unspecified atom stereocenters. The molecule has 2 amide bonds. The third-order valence-electron chi connectivity index (χ3n) is 10.1. The molecule has 6 rings (SSSR count). The van der Waals surface area contributed by atoms with Gasteiger partial charge in [-0.25, -0.2) is 24.6 Å². The van der Waals surface area contributed by atoms with Gasteiger partial charge in [0.05, 0.1) is 13.2 Å². The first-order valence-corrected chi connectivity index (χ1v) is 23.5. The van der Waals surface area contributed by atoms with E-state index in [-0.39, 0.29) is 81.8 Å². The van der Waals surface area contributed by atoms with Crippen molar-refractivity contribution in [2.75, 3.05) is 6.54 Å². The predicted octanol–water partition coefficient (Wildman–Crippen LogP) is 6.09. The number of phosphoric acid groups is 1. The van der Waals surface area contributed by atoms with Crippen LogP contribution in [0.15, 0.2) is 175 Å². The van der Waals surface area contributed by atoms with Crippen molar-refractivity contribution >= 4 is 31.8 Å². The molecule has 70 heavy (non-hydrogen) atoms. The molecule has 0 aliphatic rings. The zero-order chi connectivity index (χ0) is 48.5. The summed E-state index contributed by atoms with van der Waals surface area (Å²) in [6.07, 6.45) is -0.737. The van der Waals surface area contributed by atoms with Crippen LogP contribution in [0.4, 0.5) is 4.79 Å². The van der Waals surface area contributed by atoms with E-state index in [1.807, 2.05) is 103 Å². The highest BCUT2D eigenvalue weighted by molar-refractivity contribution is 7.48. The number of amides is 2. The maximum Gasteiger partial charge on any atom is 0.530 e. The zero-order valence-corrected chi connectivity index (χ0v) is 39.1. The van der Waals surface area contributed by atoms with Crippen LogP contribution in [0.3, 0.4) is 0 Å². The first-order chi connectivity index (χ1) is 33.6. The lowest BCUT2D eigenvalue weighted by Gasteiger charge is -2.24. The average molecular weight is 977 g/mol. The van der Waals surface area contributed by atoms with Crippen LogP contribution in [-0.4, -0.2) is 48.0 Å². The third-order valence-corrected chi connectivity index (χ3v) is 11.5. The van der Waals surface area contributed by atoms with Gasteiger partial charge < -0.3 is 45.8 Å². The summed E-state index contributed by atoms with van der Waals surface area (Å²) in [4.78, 5) is 45.5. The number of guanidine groups is 1. The van der Waals surface area contributed by atoms with Gasteiger partial charge >= 0.3 is 19.9 Å². The molecule has 2 atom stereocenters. The summed E-state index contributed by atoms with van der Waals surface area (Å²) >= 11 is 0. The van der Waals surface area contributed by atoms with E-state index in [0.717, 1.165) is 27.8 Å². The Hall–Kier alpha value is -7.57. The van der Waals surface area contributed by atoms with Crippen molar-refractivity contribution in [3.05, 3.63) is 208 Å². The lowest BCUT2D eigenvalue weighted by Crippen LogP contribution is -2.89. The molecule has 6 aromatic carbocycles. The van der Waals surface area contributed by atoms with Crippen molar-refractivity contribution in [1.82, 2.24) is 16.1 Å². The van der Waals surface area contributed by atoms with Crippen LogP contribution in [0.2, 0.25) is 0 Å². The summed E-state index contributed by atoms with van der Waals surface area (Å²) in [6, 6.07) is 47.9. The van der Waals surface area contributed by atoms with Gasteiger partial charge in [-0.3, -0.25) is 19.4 Å². The third kappa shape index (κ3) is 18.5. The highest BCUT2D eigenvalue weighted by Crippen LogP contribution is 2.53. The fourth-order valence-electron chi connectivity index (χ4n) is 6.57. The second-order valence-electron chi connectivity index (χ2n) is 15.4. The Labute approximate surface area is 406 Å². The second kappa shape index (κ2) is 28.7. The topological polar surface area (TPSA) is 269 Å². The largest absolute Gasteiger partial charge is 0.609 e. The number of carbonyl (C=O) groups excluding carboxylic acids is 3. The number of nitrogens with two attached hydrogens (primary N) is 2. The quantitative estimate of drug-likeness (QED) is 0.00785. The highest BCUT2D eigenvalue weighted by atomic mass is 31.2. The van der Waals surface area contributed by atoms with Gasteiger partial charge in [-0.2, -0.15) is 0 Å². The van der Waals surface area contributed by atoms with E-state index in [4.69, 9.17) is 33.5 Å². The summed E-state index contributed by atoms with van der Waals surface area (Å²) in [5.74, 6) is -1.43. The van der Waals surface area contributed by atoms with Gasteiger partial charge in [-0.1, -0.05) is 158 Å². The molecule has 0 aliphatic heterocycles. The number of aliphatic imine (C=N–C) groups is 1. The van der Waals surface area contributed by atoms with Crippen LogP contribution in [0.1, 0.15) is 46.2 Å². The van der Waals surface area contributed by atoms with Crippen molar-refractivity contribution in [2.24, 2.45) is 10.7 Å². The Balaban J connectivity index is 0.00000913. The smallest absolute Gasteiger partial charge is 0.530 e. The van der Waals surface area contributed by atoms with Crippen LogP contribution in [0.25, 0.3) is 0 Å². The number of carbonyl (C=O) groups is 3. The van der Waals surface area contributed by atoms with Crippen LogP contribution >= 0.6 is 7.82 Å². The van der Waals surface area contributed by atoms with E-state index < -0.39 is 37.9 Å². The minimum absolute atomic E-state index is 0. The van der Waals surface area contributed by atoms with Crippen LogP contribution in [-0.2, 0) is 72.1 Å². The second-order valence-corrected chi connectivity index (χ2v) is 17.0. The normalized spacial score (nSPS) is 12.0. The number of nitrogens with one attached hydrogen (secondary N) is 3. The molecular formula is C51H57N6O12P. The first kappa shape index (κ1) is 53.4. The van der Waals surface area contributed by atoms with Crippen LogP contribution in [0.5, 0.6) is 11.5 Å². The molecule has 19 heteroatoms. The van der Waals surface area contributed by atoms with Gasteiger partial charge in [-0.05, 0) is 58.4 Å². The number of ether oxygens (including phenoxy) is 3. The molecule has 9 N–H and O–H groups in total. The molecule has 0 radical (unpaired) electrons. The number of hydrogen-bond acceptors (Lipinski definition) is 12. The lowest BCUT2D eigenvalue weighted by atomic mass is 10.0. The van der Waals surface area contributed by atoms with Crippen LogP contribution in [0, 0.1) is 5.21 Å². The van der Waals surface area contributed by atoms with E-state index in [9.17, 15) is 24.2 Å². The summed E-state index contributed by atoms with van der Waals surface area (Å²) < 4.78 is 50.0. The summed E-state index contributed by atoms with van der Waals surface area (Å²) in [5.41, 5.74) is 12.5. The number of alkyl carbamates (subject to hydrolysis) is 1. The van der Waals surface area contributed by atoms with E-state index in [2.05, 4.69) is 21.1 Å². The minimum atomic E-state index is -4.37. The number of nitrogens with zero attached hydrogens (tertiary/aromatic N) is 1. The number of esters is 1. The average Bonchev–Trinajstić information content (AvgIpc) is 3.38. The number of quaternary nitrogens is 1. The number of rotatable bonds is 26. The van der Waals surface area contributed by atoms with Crippen molar-refractivity contribution in [3.63, 3.8) is 0 Å². The molecule has 0 heterocycles. The zero-order valence-electron chi connectivity index (χ0n) is 38.2. The van der Waals surface area contributed by atoms with E-state index in [1.54, 1.807) is 60.7 Å². The minimum Gasteiger partial charge on any atom is -0.609 e. The fourth-order valence-corrected chi connectivity index (χ4v) is 7.76. The maximum absolute atomic E-state index is 14.5. The molecule has 0 aliphatic carbocycles. The van der Waals surface area contributed by atoms with Gasteiger partial charge in [0.15, 0.2) is 11.5 Å². The molecular weight excluding hydrogens is 920 g/mol. The van der Waals surface area contributed by atoms with Gasteiger partial charge in [0, 0.05) is 13.0 Å². The summed E-state index contributed by atoms with van der Waals surface area (Å²) in [7, 11) is -4.37. The van der Waals surface area contributed by atoms with Gasteiger partial charge in [0.25, 0.3) is 0 Å². The SMILES string of the molecule is NC(=NCCC[C@H](NC(=O)[C@H](Cc1ccc(OP(=O)(OCc2ccccc2)OCc2ccccc2)c(OCc2ccccc2)c1)NC(=O)OCc1ccccc1)C(=O)OCc1ccccc1)N[NH2+][O-].O. The van der Waals surface area contributed by atoms with Gasteiger partial charge in [-0.15, -0.1) is 0 Å². The Bertz CT molecular complexity index is 2540. The molecule has 0 bridgehead atoms. The Morgan fingerprint density at radius 3 is 1.60 bits per heavy atom. The number of phosphoric ester groups is 1. The maximum atomic E-state index is 14.5. The Morgan fingerprint density at radius 2 is 1.09 bits per heavy atom. The molecule has 368 valence electrons. The molecule has 6 aromatic rings. The van der Waals surface area contributed by atoms with Crippen LogP contribution < -0.4 is 36.6 Å². The van der Waals surface area contributed by atoms with Gasteiger partial charge in [0.1, 0.15) is 31.9 Å². The van der Waals surface area contributed by atoms with E-state index in [0.29, 0.717) is 11.2 Å². The molecule has 0 saturated heterocycles. The molecule has 0 spiro atoms. The Morgan fingerprint density at radius 1 is 0.600 bits per heavy atom. The number of hydrogen-bond donors (Lipinski definition) is 5. The first-order valence-electron chi connectivity index (χ1n) is 22.1. The molecule has 0 aromatic heterocycles. The van der Waals surface area contributed by atoms with Crippen molar-refractivity contribution < 1.29 is 57.8 Å². The van der Waals surface area contributed by atoms with Crippen molar-refractivity contribution in [3.8, 4) is 11.5 Å². The molecule has 0 fully saturated rings. The molecule has 0 saturated carbocycles. The predicted molar refractivity (Wildman–Crippen MR) is 261 cm³/mol. The standard InChI is InChI=1S/C51H55N6O11P.H2O/c52-50(56-57-61)53-30-16-27-44(49(59)64-34-39-19-8-2-9-20-39)54-48(58)45(55-51(60)65-35-40-21-10-3-11-22-40)31-43-28-29-46(47(32-43)63-33-38-17-6-1-7-18-38)68-69(62,66-36-41-23-12-4-13-24-41)67-37-42-25-14-5-15-26-42;/h1-15,17-26,28-29,32,44-45H,16,27,30-31,33-37,57H2,(H,54,58)(H,55,60)(H3,52,53,56);1H2/t44-,45-;/m0./s1. The summed E-state index contributed by atoms with van der Waals surface area (Å²) in [6.45, 7) is -0.139. The fraction of sp³-hybridized carbons (Fsp3) is 0.216. The number of benzene rings is 6. The lowest BCUT2D eigenvalue weighted by molar-refractivity contribution is -0.633. The van der Waals surface area contributed by atoms with Gasteiger partial charge in [0.2, 0.25) is 11.9 Å². The highest BCUT2D eigenvalue weighted by Gasteiger charge is 2.32. The summed E-state index contributed by atoms with van der Waals surface area (Å²) in [5, 5.41) is 16.2. The van der Waals surface area contributed by atoms with Crippen molar-refractivity contribution in [1.29, 1.82) is 0 Å². The van der Waals surface area contributed by atoms with E-state index >= 15 is 0 Å². The monoisotopic (exact) mass is 976 g/mol. The molecule has 18 nitrogen and oxygen atoms in total.